The summed E-state index contributed by atoms with van der Waals surface area (Å²) < 4.78 is 26.9. The molecular weight excluding hydrogens is 368 g/mol. The number of hydrogen-bond acceptors (Lipinski definition) is 6. The molecule has 1 aliphatic heterocycles. The number of β-amino-alcohol motifs (C(OH)–C–C–N with tert-alkyl or cyclic N) is 1. The van der Waals surface area contributed by atoms with Gasteiger partial charge in [0.05, 0.1) is 18.2 Å². The molecule has 2 unspecified atom stereocenters. The molecule has 0 aromatic carbocycles. The third-order valence-corrected chi connectivity index (χ3v) is 6.40. The van der Waals surface area contributed by atoms with E-state index in [1.54, 1.807) is 19.1 Å². The number of aliphatic hydroxyl groups excluding tert-OH is 1. The van der Waals surface area contributed by atoms with Crippen LogP contribution in [-0.2, 0) is 14.8 Å². The summed E-state index contributed by atoms with van der Waals surface area (Å²) in [7, 11) is -3.80. The number of nitrogens with one attached hydrogen (secondary N) is 1. The topological polar surface area (TPSA) is 126 Å². The lowest BCUT2D eigenvalue weighted by molar-refractivity contribution is -0.124. The van der Waals surface area contributed by atoms with Gasteiger partial charge >= 0.3 is 0 Å². The minimum atomic E-state index is -3.80. The van der Waals surface area contributed by atoms with E-state index in [9.17, 15) is 18.3 Å². The molecule has 1 aromatic rings. The van der Waals surface area contributed by atoms with Crippen molar-refractivity contribution in [3.63, 3.8) is 0 Å². The second kappa shape index (κ2) is 9.09. The highest BCUT2D eigenvalue weighted by atomic mass is 32.2. The van der Waals surface area contributed by atoms with Crippen LogP contribution in [0.3, 0.4) is 0 Å². The zero-order valence-corrected chi connectivity index (χ0v) is 16.9. The summed E-state index contributed by atoms with van der Waals surface area (Å²) in [5.74, 6) is -0.0309. The third kappa shape index (κ3) is 5.71. The zero-order chi connectivity index (χ0) is 20.2. The first-order chi connectivity index (χ1) is 12.6. The molecule has 0 saturated carbocycles. The fraction of sp³-hybridized carbons (Fsp3) is 0.667. The number of sulfonamides is 1. The van der Waals surface area contributed by atoms with Crippen molar-refractivity contribution in [1.82, 2.24) is 14.6 Å². The predicted octanol–water partition coefficient (Wildman–Crippen LogP) is 0.394. The van der Waals surface area contributed by atoms with Crippen LogP contribution in [0.5, 0.6) is 0 Å². The molecule has 0 aliphatic carbocycles. The summed E-state index contributed by atoms with van der Waals surface area (Å²) in [6, 6.07) is 3.65. The Labute approximate surface area is 161 Å². The van der Waals surface area contributed by atoms with E-state index in [0.717, 1.165) is 0 Å². The third-order valence-electron chi connectivity index (χ3n) is 4.63. The van der Waals surface area contributed by atoms with Crippen LogP contribution >= 0.6 is 0 Å². The molecule has 0 bridgehead atoms. The summed E-state index contributed by atoms with van der Waals surface area (Å²) >= 11 is 0. The van der Waals surface area contributed by atoms with Crippen molar-refractivity contribution in [2.45, 2.75) is 63.2 Å². The quantitative estimate of drug-likeness (QED) is 0.637. The molecule has 2 rings (SSSR count). The fourth-order valence-electron chi connectivity index (χ4n) is 3.19. The molecule has 1 aromatic heterocycles. The molecule has 1 fully saturated rings. The SMILES string of the molecule is Cc1cccc(S(=O)(=O)N2CCCC(NC(=O)[C@@H](N)CC(C)C)C(O)C2)n1. The van der Waals surface area contributed by atoms with Gasteiger partial charge < -0.3 is 16.2 Å². The molecule has 27 heavy (non-hydrogen) atoms. The number of amides is 1. The standard InChI is InChI=1S/C18H30N4O4S/c1-12(2)10-14(19)18(24)21-15-7-5-9-22(11-16(15)23)27(25,26)17-8-4-6-13(3)20-17/h4,6,8,12,14-16,23H,5,7,9-11,19H2,1-3H3,(H,21,24)/t14-,15?,16?/m0/s1. The van der Waals surface area contributed by atoms with Crippen molar-refractivity contribution in [3.05, 3.63) is 23.9 Å². The lowest BCUT2D eigenvalue weighted by Gasteiger charge is -2.26. The van der Waals surface area contributed by atoms with Gasteiger partial charge in [0.25, 0.3) is 10.0 Å². The highest BCUT2D eigenvalue weighted by Crippen LogP contribution is 2.20. The summed E-state index contributed by atoms with van der Waals surface area (Å²) in [5, 5.41) is 13.3. The maximum absolute atomic E-state index is 12.8. The van der Waals surface area contributed by atoms with Crippen LogP contribution in [0, 0.1) is 12.8 Å². The van der Waals surface area contributed by atoms with Gasteiger partial charge in [0.1, 0.15) is 0 Å². The van der Waals surface area contributed by atoms with Gasteiger partial charge in [-0.3, -0.25) is 4.79 Å². The monoisotopic (exact) mass is 398 g/mol. The van der Waals surface area contributed by atoms with Crippen molar-refractivity contribution in [3.8, 4) is 0 Å². The number of nitrogens with two attached hydrogens (primary N) is 1. The number of aliphatic hydroxyl groups is 1. The largest absolute Gasteiger partial charge is 0.390 e. The maximum Gasteiger partial charge on any atom is 0.260 e. The molecule has 1 amide bonds. The van der Waals surface area contributed by atoms with Crippen molar-refractivity contribution in [2.75, 3.05) is 13.1 Å². The normalized spacial score (nSPS) is 23.0. The van der Waals surface area contributed by atoms with Gasteiger partial charge in [-0.05, 0) is 44.2 Å². The van der Waals surface area contributed by atoms with Gasteiger partial charge in [0, 0.05) is 18.8 Å². The predicted molar refractivity (Wildman–Crippen MR) is 102 cm³/mol. The molecule has 4 N–H and O–H groups in total. The Morgan fingerprint density at radius 3 is 2.78 bits per heavy atom. The number of carbonyl (C=O) groups is 1. The minimum absolute atomic E-state index is 0.0314. The zero-order valence-electron chi connectivity index (χ0n) is 16.1. The van der Waals surface area contributed by atoms with E-state index in [-0.39, 0.29) is 29.9 Å². The Bertz CT molecular complexity index is 753. The average molecular weight is 399 g/mol. The maximum atomic E-state index is 12.8. The summed E-state index contributed by atoms with van der Waals surface area (Å²) in [6.45, 7) is 5.86. The first-order valence-corrected chi connectivity index (χ1v) is 10.7. The molecule has 8 nitrogen and oxygen atoms in total. The van der Waals surface area contributed by atoms with Gasteiger partial charge in [-0.25, -0.2) is 13.4 Å². The van der Waals surface area contributed by atoms with E-state index in [0.29, 0.717) is 25.0 Å². The fourth-order valence-corrected chi connectivity index (χ4v) is 4.69. The second-order valence-electron chi connectivity index (χ2n) is 7.54. The Balaban J connectivity index is 2.07. The van der Waals surface area contributed by atoms with Gasteiger partial charge in [-0.15, -0.1) is 0 Å². The number of aryl methyl sites for hydroxylation is 1. The van der Waals surface area contributed by atoms with Crippen LogP contribution in [-0.4, -0.2) is 60.0 Å². The van der Waals surface area contributed by atoms with Crippen LogP contribution in [0.25, 0.3) is 0 Å². The van der Waals surface area contributed by atoms with Crippen molar-refractivity contribution in [2.24, 2.45) is 11.7 Å². The smallest absolute Gasteiger partial charge is 0.260 e. The number of carbonyl (C=O) groups excluding carboxylic acids is 1. The van der Waals surface area contributed by atoms with Crippen LogP contribution < -0.4 is 11.1 Å². The molecule has 3 atom stereocenters. The van der Waals surface area contributed by atoms with Gasteiger partial charge in [-0.1, -0.05) is 19.9 Å². The Kier molecular flexibility index (Phi) is 7.32. The van der Waals surface area contributed by atoms with Gasteiger partial charge in [-0.2, -0.15) is 4.31 Å². The van der Waals surface area contributed by atoms with E-state index in [4.69, 9.17) is 5.73 Å². The summed E-state index contributed by atoms with van der Waals surface area (Å²) in [4.78, 5) is 16.3. The van der Waals surface area contributed by atoms with Gasteiger partial charge in [0.2, 0.25) is 5.91 Å². The van der Waals surface area contributed by atoms with E-state index >= 15 is 0 Å². The summed E-state index contributed by atoms with van der Waals surface area (Å²) in [6.07, 6.45) is 0.539. The lowest BCUT2D eigenvalue weighted by atomic mass is 10.0. The highest BCUT2D eigenvalue weighted by molar-refractivity contribution is 7.89. The van der Waals surface area contributed by atoms with Crippen molar-refractivity contribution >= 4 is 15.9 Å². The molecule has 2 heterocycles. The van der Waals surface area contributed by atoms with E-state index in [1.165, 1.54) is 10.4 Å². The number of aromatic nitrogens is 1. The Hall–Kier alpha value is -1.55. The molecule has 1 aliphatic rings. The lowest BCUT2D eigenvalue weighted by Crippen LogP contribution is -2.51. The van der Waals surface area contributed by atoms with E-state index in [1.807, 2.05) is 13.8 Å². The van der Waals surface area contributed by atoms with Crippen LogP contribution in [0.15, 0.2) is 23.2 Å². The van der Waals surface area contributed by atoms with E-state index in [2.05, 4.69) is 10.3 Å². The number of nitrogens with zero attached hydrogens (tertiary/aromatic N) is 2. The van der Waals surface area contributed by atoms with Crippen LogP contribution in [0.1, 0.15) is 38.8 Å². The first kappa shape index (κ1) is 21.7. The summed E-state index contributed by atoms with van der Waals surface area (Å²) in [5.41, 5.74) is 6.51. The Morgan fingerprint density at radius 1 is 1.44 bits per heavy atom. The molecule has 0 spiro atoms. The molecular formula is C18H30N4O4S. The average Bonchev–Trinajstić information content (AvgIpc) is 2.76. The number of rotatable bonds is 6. The minimum Gasteiger partial charge on any atom is -0.390 e. The molecule has 1 saturated heterocycles. The number of hydrogen-bond donors (Lipinski definition) is 3. The molecule has 0 radical (unpaired) electrons. The van der Waals surface area contributed by atoms with Crippen molar-refractivity contribution < 1.29 is 18.3 Å². The number of pyridine rings is 1. The Morgan fingerprint density at radius 2 is 2.15 bits per heavy atom. The van der Waals surface area contributed by atoms with Crippen molar-refractivity contribution in [1.29, 1.82) is 0 Å². The molecule has 152 valence electrons. The van der Waals surface area contributed by atoms with Crippen LogP contribution in [0.2, 0.25) is 0 Å². The van der Waals surface area contributed by atoms with E-state index < -0.39 is 28.2 Å². The van der Waals surface area contributed by atoms with Gasteiger partial charge in [0.15, 0.2) is 5.03 Å². The molecule has 9 heteroatoms. The highest BCUT2D eigenvalue weighted by Gasteiger charge is 2.34. The first-order valence-electron chi connectivity index (χ1n) is 9.29. The second-order valence-corrected chi connectivity index (χ2v) is 9.43. The van der Waals surface area contributed by atoms with Crippen LogP contribution in [0.4, 0.5) is 0 Å².